The molecular formula is C34H65NO2. The molecule has 0 bridgehead atoms. The van der Waals surface area contributed by atoms with Crippen LogP contribution in [0.4, 0.5) is 0 Å². The van der Waals surface area contributed by atoms with Gasteiger partial charge in [-0.05, 0) is 64.0 Å². The number of rotatable bonds is 25. The Morgan fingerprint density at radius 1 is 0.703 bits per heavy atom. The lowest BCUT2D eigenvalue weighted by Gasteiger charge is -2.20. The van der Waals surface area contributed by atoms with Gasteiger partial charge in [0.05, 0.1) is 5.92 Å². The van der Waals surface area contributed by atoms with Gasteiger partial charge < -0.3 is 9.64 Å². The van der Waals surface area contributed by atoms with Crippen LogP contribution in [0.25, 0.3) is 0 Å². The molecule has 0 amide bonds. The van der Waals surface area contributed by atoms with E-state index in [1.165, 1.54) is 135 Å². The molecule has 2 rings (SSSR count). The van der Waals surface area contributed by atoms with Gasteiger partial charge in [0, 0.05) is 6.54 Å². The van der Waals surface area contributed by atoms with E-state index in [4.69, 9.17) is 4.74 Å². The third-order valence-electron chi connectivity index (χ3n) is 9.24. The summed E-state index contributed by atoms with van der Waals surface area (Å²) >= 11 is 0. The number of hydrogen-bond acceptors (Lipinski definition) is 3. The standard InChI is InChI=1S/C34H65NO2/c1-4-6-8-10-12-16-20-24-33(37-34(36)32-26-27-35(3)29-32)25-21-17-13-15-19-23-31-28-30(31)22-18-14-11-9-7-5-2/h30-33H,4-29H2,1-3H3. The van der Waals surface area contributed by atoms with Gasteiger partial charge >= 0.3 is 5.97 Å². The minimum absolute atomic E-state index is 0.0808. The van der Waals surface area contributed by atoms with Crippen molar-refractivity contribution in [2.24, 2.45) is 17.8 Å². The molecule has 4 unspecified atom stereocenters. The van der Waals surface area contributed by atoms with Crippen molar-refractivity contribution in [2.45, 2.75) is 174 Å². The number of hydrogen-bond donors (Lipinski definition) is 0. The monoisotopic (exact) mass is 520 g/mol. The number of esters is 1. The van der Waals surface area contributed by atoms with Crippen LogP contribution in [-0.4, -0.2) is 37.1 Å². The van der Waals surface area contributed by atoms with Crippen LogP contribution in [0.5, 0.6) is 0 Å². The van der Waals surface area contributed by atoms with E-state index in [1.54, 1.807) is 0 Å². The van der Waals surface area contributed by atoms with Crippen molar-refractivity contribution in [3.8, 4) is 0 Å². The van der Waals surface area contributed by atoms with Crippen molar-refractivity contribution >= 4 is 5.97 Å². The first-order valence-corrected chi connectivity index (χ1v) is 17.0. The molecule has 2 fully saturated rings. The second-order valence-electron chi connectivity index (χ2n) is 12.9. The van der Waals surface area contributed by atoms with E-state index < -0.39 is 0 Å². The van der Waals surface area contributed by atoms with Crippen LogP contribution in [-0.2, 0) is 9.53 Å². The fraction of sp³-hybridized carbons (Fsp3) is 0.971. The molecule has 1 saturated carbocycles. The Labute approximate surface area is 232 Å². The molecule has 0 radical (unpaired) electrons. The highest BCUT2D eigenvalue weighted by atomic mass is 16.5. The lowest BCUT2D eigenvalue weighted by molar-refractivity contribution is -0.154. The Morgan fingerprint density at radius 3 is 1.62 bits per heavy atom. The molecule has 1 aliphatic carbocycles. The number of carbonyl (C=O) groups is 1. The lowest BCUT2D eigenvalue weighted by atomic mass is 10.0. The number of carbonyl (C=O) groups excluding carboxylic acids is 1. The highest BCUT2D eigenvalue weighted by Crippen LogP contribution is 2.45. The van der Waals surface area contributed by atoms with Crippen LogP contribution >= 0.6 is 0 Å². The maximum Gasteiger partial charge on any atom is 0.310 e. The number of unbranched alkanes of at least 4 members (excludes halogenated alkanes) is 15. The van der Waals surface area contributed by atoms with Crippen molar-refractivity contribution < 1.29 is 9.53 Å². The quantitative estimate of drug-likeness (QED) is 0.0887. The molecule has 2 aliphatic rings. The van der Waals surface area contributed by atoms with Gasteiger partial charge in [-0.2, -0.15) is 0 Å². The average Bonchev–Trinajstić information content (AvgIpc) is 3.49. The predicted octanol–water partition coefficient (Wildman–Crippen LogP) is 10.1. The van der Waals surface area contributed by atoms with Gasteiger partial charge in [-0.25, -0.2) is 0 Å². The topological polar surface area (TPSA) is 29.5 Å². The molecule has 1 saturated heterocycles. The van der Waals surface area contributed by atoms with Gasteiger partial charge in [0.15, 0.2) is 0 Å². The first-order chi connectivity index (χ1) is 18.1. The molecule has 0 N–H and O–H groups in total. The van der Waals surface area contributed by atoms with Crippen molar-refractivity contribution in [1.82, 2.24) is 4.90 Å². The summed E-state index contributed by atoms with van der Waals surface area (Å²) in [6.07, 6.45) is 32.5. The molecule has 3 heteroatoms. The SMILES string of the molecule is CCCCCCCCCC(CCCCCCCC1CC1CCCCCCCC)OC(=O)C1CCN(C)C1. The summed E-state index contributed by atoms with van der Waals surface area (Å²) in [5, 5.41) is 0. The van der Waals surface area contributed by atoms with Gasteiger partial charge in [0.25, 0.3) is 0 Å². The molecule has 1 aliphatic heterocycles. The van der Waals surface area contributed by atoms with E-state index in [-0.39, 0.29) is 18.0 Å². The van der Waals surface area contributed by atoms with E-state index in [9.17, 15) is 4.79 Å². The average molecular weight is 520 g/mol. The molecule has 218 valence electrons. The summed E-state index contributed by atoms with van der Waals surface area (Å²) in [5.41, 5.74) is 0. The van der Waals surface area contributed by atoms with Crippen LogP contribution in [0, 0.1) is 17.8 Å². The van der Waals surface area contributed by atoms with Crippen LogP contribution in [0.1, 0.15) is 168 Å². The van der Waals surface area contributed by atoms with Gasteiger partial charge in [-0.15, -0.1) is 0 Å². The number of likely N-dealkylation sites (tertiary alicyclic amines) is 1. The van der Waals surface area contributed by atoms with Gasteiger partial charge in [0.2, 0.25) is 0 Å². The zero-order valence-electron chi connectivity index (χ0n) is 25.5. The lowest BCUT2D eigenvalue weighted by Crippen LogP contribution is -2.26. The molecule has 3 nitrogen and oxygen atoms in total. The van der Waals surface area contributed by atoms with E-state index in [0.29, 0.717) is 0 Å². The Hall–Kier alpha value is -0.570. The minimum atomic E-state index is 0.0808. The van der Waals surface area contributed by atoms with Gasteiger partial charge in [-0.1, -0.05) is 129 Å². The van der Waals surface area contributed by atoms with E-state index in [0.717, 1.165) is 44.2 Å². The maximum atomic E-state index is 12.8. The molecule has 37 heavy (non-hydrogen) atoms. The fourth-order valence-electron chi connectivity index (χ4n) is 6.49. The van der Waals surface area contributed by atoms with Gasteiger partial charge in [0.1, 0.15) is 6.10 Å². The summed E-state index contributed by atoms with van der Waals surface area (Å²) in [6, 6.07) is 0. The minimum Gasteiger partial charge on any atom is -0.462 e. The van der Waals surface area contributed by atoms with E-state index in [2.05, 4.69) is 25.8 Å². The summed E-state index contributed by atoms with van der Waals surface area (Å²) < 4.78 is 6.10. The van der Waals surface area contributed by atoms with Crippen LogP contribution in [0.2, 0.25) is 0 Å². The Balaban J connectivity index is 1.50. The zero-order valence-corrected chi connectivity index (χ0v) is 25.5. The molecule has 0 spiro atoms. The summed E-state index contributed by atoms with van der Waals surface area (Å²) in [4.78, 5) is 15.0. The third-order valence-corrected chi connectivity index (χ3v) is 9.24. The summed E-state index contributed by atoms with van der Waals surface area (Å²) in [7, 11) is 2.11. The largest absolute Gasteiger partial charge is 0.462 e. The highest BCUT2D eigenvalue weighted by molar-refractivity contribution is 5.73. The van der Waals surface area contributed by atoms with Crippen LogP contribution in [0.3, 0.4) is 0 Å². The Morgan fingerprint density at radius 2 is 1.16 bits per heavy atom. The molecule has 0 aromatic heterocycles. The number of nitrogens with zero attached hydrogens (tertiary/aromatic N) is 1. The van der Waals surface area contributed by atoms with E-state index >= 15 is 0 Å². The fourth-order valence-corrected chi connectivity index (χ4v) is 6.49. The Kier molecular flexibility index (Phi) is 18.8. The smallest absolute Gasteiger partial charge is 0.310 e. The second-order valence-corrected chi connectivity index (χ2v) is 12.9. The second kappa shape index (κ2) is 21.3. The van der Waals surface area contributed by atoms with Crippen molar-refractivity contribution in [3.63, 3.8) is 0 Å². The van der Waals surface area contributed by atoms with Crippen LogP contribution in [0.15, 0.2) is 0 Å². The maximum absolute atomic E-state index is 12.8. The zero-order chi connectivity index (χ0) is 26.6. The molecule has 0 aromatic rings. The molecular weight excluding hydrogens is 454 g/mol. The predicted molar refractivity (Wildman–Crippen MR) is 160 cm³/mol. The van der Waals surface area contributed by atoms with Crippen molar-refractivity contribution in [3.05, 3.63) is 0 Å². The normalized spacial score (nSPS) is 22.4. The molecule has 0 aromatic carbocycles. The molecule has 1 heterocycles. The summed E-state index contributed by atoms with van der Waals surface area (Å²) in [5.74, 6) is 2.33. The first kappa shape index (κ1) is 32.6. The molecule has 4 atom stereocenters. The van der Waals surface area contributed by atoms with Crippen LogP contribution < -0.4 is 0 Å². The Bertz CT molecular complexity index is 550. The van der Waals surface area contributed by atoms with Crippen molar-refractivity contribution in [1.29, 1.82) is 0 Å². The van der Waals surface area contributed by atoms with Gasteiger partial charge in [-0.3, -0.25) is 4.79 Å². The van der Waals surface area contributed by atoms with Crippen molar-refractivity contribution in [2.75, 3.05) is 20.1 Å². The summed E-state index contributed by atoms with van der Waals surface area (Å²) in [6.45, 7) is 6.49. The number of ether oxygens (including phenoxy) is 1. The first-order valence-electron chi connectivity index (χ1n) is 17.0. The third kappa shape index (κ3) is 16.2. The highest BCUT2D eigenvalue weighted by Gasteiger charge is 2.35. The van der Waals surface area contributed by atoms with E-state index in [1.807, 2.05) is 0 Å².